The van der Waals surface area contributed by atoms with E-state index in [1.54, 1.807) is 33.5 Å². The third kappa shape index (κ3) is 6.76. The van der Waals surface area contributed by atoms with Gasteiger partial charge in [0.1, 0.15) is 11.6 Å². The first-order chi connectivity index (χ1) is 23.3. The number of likely N-dealkylation sites (N-methyl/N-ethyl adjacent to an activating group) is 1. The Hall–Kier alpha value is -5.53. The summed E-state index contributed by atoms with van der Waals surface area (Å²) in [6.07, 6.45) is 1.33. The van der Waals surface area contributed by atoms with Gasteiger partial charge in [-0.05, 0) is 47.4 Å². The normalized spacial score (nSPS) is 14.8. The van der Waals surface area contributed by atoms with E-state index in [0.29, 0.717) is 54.5 Å². The quantitative estimate of drug-likeness (QED) is 0.216. The predicted molar refractivity (Wildman–Crippen MR) is 180 cm³/mol. The Morgan fingerprint density at radius 3 is 2.53 bits per heavy atom. The van der Waals surface area contributed by atoms with Gasteiger partial charge in [-0.25, -0.2) is 18.9 Å². The van der Waals surface area contributed by atoms with Crippen molar-refractivity contribution in [2.45, 2.75) is 51.7 Å². The highest BCUT2D eigenvalue weighted by molar-refractivity contribution is 6.01. The molecule has 0 aliphatic carbocycles. The molecule has 14 heteroatoms. The Balaban J connectivity index is 1.33. The fraction of sp³-hybridized carbons (Fsp3) is 0.371. The Labute approximate surface area is 282 Å². The summed E-state index contributed by atoms with van der Waals surface area (Å²) in [5, 5.41) is 19.2. The first kappa shape index (κ1) is 33.4. The highest BCUT2D eigenvalue weighted by Gasteiger charge is 2.32. The number of aromatic nitrogens is 5. The largest absolute Gasteiger partial charge is 0.497 e. The van der Waals surface area contributed by atoms with Crippen LogP contribution in [0.15, 0.2) is 59.3 Å². The first-order valence-corrected chi connectivity index (χ1v) is 15.9. The van der Waals surface area contributed by atoms with Gasteiger partial charge in [0.05, 0.1) is 25.1 Å². The Morgan fingerprint density at radius 1 is 1.12 bits per heavy atom. The lowest BCUT2D eigenvalue weighted by atomic mass is 9.96. The summed E-state index contributed by atoms with van der Waals surface area (Å²) in [7, 11) is 4.74. The summed E-state index contributed by atoms with van der Waals surface area (Å²) in [4.78, 5) is 38.4. The molecule has 1 saturated heterocycles. The van der Waals surface area contributed by atoms with E-state index in [1.807, 2.05) is 61.9 Å². The van der Waals surface area contributed by atoms with E-state index in [2.05, 4.69) is 15.0 Å². The maximum atomic E-state index is 15.8. The Kier molecular flexibility index (Phi) is 8.97. The molecule has 1 aliphatic rings. The predicted octanol–water partition coefficient (Wildman–Crippen LogP) is 5.44. The minimum atomic E-state index is -0.987. The van der Waals surface area contributed by atoms with E-state index in [0.717, 1.165) is 22.3 Å². The number of methoxy groups -OCH3 is 1. The molecule has 1 aliphatic heterocycles. The molecule has 256 valence electrons. The van der Waals surface area contributed by atoms with Gasteiger partial charge in [0, 0.05) is 50.9 Å². The van der Waals surface area contributed by atoms with Crippen LogP contribution in [0.2, 0.25) is 0 Å². The van der Waals surface area contributed by atoms with E-state index >= 15 is 4.39 Å². The lowest BCUT2D eigenvalue weighted by Gasteiger charge is -2.22. The summed E-state index contributed by atoms with van der Waals surface area (Å²) in [6.45, 7) is 7.21. The summed E-state index contributed by atoms with van der Waals surface area (Å²) in [5.41, 5.74) is 2.86. The molecule has 13 nitrogen and oxygen atoms in total. The SMILES string of the molecule is COc1ccc(Cn2nc(N3CCC(N(C)C(=O)O)C3)c3c(-c4ccc(CN(C)C(=O)c5nc(C(C)(C)C)no5)c(F)c4)ccnc32)cc1. The van der Waals surface area contributed by atoms with E-state index in [9.17, 15) is 14.7 Å². The fourth-order valence-corrected chi connectivity index (χ4v) is 5.91. The molecule has 6 rings (SSSR count). The van der Waals surface area contributed by atoms with Crippen molar-refractivity contribution >= 4 is 28.9 Å². The zero-order chi connectivity index (χ0) is 35.0. The van der Waals surface area contributed by atoms with Gasteiger partial charge in [0.15, 0.2) is 17.3 Å². The number of carbonyl (C=O) groups excluding carboxylic acids is 1. The van der Waals surface area contributed by atoms with E-state index in [1.165, 1.54) is 15.9 Å². The van der Waals surface area contributed by atoms with Crippen LogP contribution in [-0.2, 0) is 18.5 Å². The number of amides is 2. The molecule has 1 N–H and O–H groups in total. The first-order valence-electron chi connectivity index (χ1n) is 15.9. The maximum Gasteiger partial charge on any atom is 0.407 e. The van der Waals surface area contributed by atoms with E-state index in [-0.39, 0.29) is 18.5 Å². The van der Waals surface area contributed by atoms with Crippen molar-refractivity contribution in [2.24, 2.45) is 0 Å². The molecule has 0 bridgehead atoms. The van der Waals surface area contributed by atoms with Crippen LogP contribution < -0.4 is 9.64 Å². The van der Waals surface area contributed by atoms with Crippen LogP contribution in [0.25, 0.3) is 22.2 Å². The third-order valence-corrected chi connectivity index (χ3v) is 8.82. The number of hydrogen-bond acceptors (Lipinski definition) is 9. The summed E-state index contributed by atoms with van der Waals surface area (Å²) in [6, 6.07) is 14.2. The number of pyridine rings is 1. The molecule has 0 saturated carbocycles. The van der Waals surface area contributed by atoms with Crippen molar-refractivity contribution in [1.29, 1.82) is 0 Å². The van der Waals surface area contributed by atoms with E-state index < -0.39 is 23.2 Å². The van der Waals surface area contributed by atoms with Crippen molar-refractivity contribution in [3.63, 3.8) is 0 Å². The summed E-state index contributed by atoms with van der Waals surface area (Å²) < 4.78 is 28.1. The van der Waals surface area contributed by atoms with Crippen LogP contribution in [0, 0.1) is 5.82 Å². The minimum absolute atomic E-state index is 0.0127. The average Bonchev–Trinajstić information content (AvgIpc) is 3.85. The van der Waals surface area contributed by atoms with Crippen LogP contribution in [0.5, 0.6) is 5.75 Å². The third-order valence-electron chi connectivity index (χ3n) is 8.82. The van der Waals surface area contributed by atoms with Gasteiger partial charge in [0.25, 0.3) is 0 Å². The number of benzene rings is 2. The van der Waals surface area contributed by atoms with Gasteiger partial charge in [-0.15, -0.1) is 0 Å². The number of carbonyl (C=O) groups is 2. The van der Waals surface area contributed by atoms with Crippen molar-refractivity contribution in [3.8, 4) is 16.9 Å². The number of fused-ring (bicyclic) bond motifs is 1. The van der Waals surface area contributed by atoms with Crippen molar-refractivity contribution < 1.29 is 28.3 Å². The number of ether oxygens (including phenoxy) is 1. The highest BCUT2D eigenvalue weighted by Crippen LogP contribution is 2.37. The minimum Gasteiger partial charge on any atom is -0.497 e. The Bertz CT molecular complexity index is 2000. The van der Waals surface area contributed by atoms with Gasteiger partial charge in [-0.2, -0.15) is 10.1 Å². The van der Waals surface area contributed by atoms with Crippen LogP contribution in [0.3, 0.4) is 0 Å². The molecule has 0 spiro atoms. The Morgan fingerprint density at radius 2 is 1.88 bits per heavy atom. The van der Waals surface area contributed by atoms with Crippen molar-refractivity contribution in [2.75, 3.05) is 39.2 Å². The van der Waals surface area contributed by atoms with Gasteiger partial charge in [0.2, 0.25) is 0 Å². The van der Waals surface area contributed by atoms with Crippen molar-refractivity contribution in [3.05, 3.63) is 83.4 Å². The van der Waals surface area contributed by atoms with Gasteiger partial charge >= 0.3 is 17.9 Å². The van der Waals surface area contributed by atoms with E-state index in [4.69, 9.17) is 19.3 Å². The lowest BCUT2D eigenvalue weighted by Crippen LogP contribution is -2.38. The van der Waals surface area contributed by atoms with Crippen LogP contribution >= 0.6 is 0 Å². The molecule has 5 aromatic rings. The molecule has 1 unspecified atom stereocenters. The van der Waals surface area contributed by atoms with Crippen LogP contribution in [0.1, 0.15) is 54.8 Å². The van der Waals surface area contributed by atoms with Crippen molar-refractivity contribution in [1.82, 2.24) is 34.7 Å². The second-order valence-corrected chi connectivity index (χ2v) is 13.3. The van der Waals surface area contributed by atoms with Gasteiger partial charge in [-0.3, -0.25) is 4.79 Å². The highest BCUT2D eigenvalue weighted by atomic mass is 19.1. The molecule has 2 amide bonds. The number of anilines is 1. The number of carboxylic acid groups (broad SMARTS) is 1. The second-order valence-electron chi connectivity index (χ2n) is 13.3. The number of rotatable bonds is 9. The smallest absolute Gasteiger partial charge is 0.407 e. The zero-order valence-electron chi connectivity index (χ0n) is 28.3. The molecule has 0 radical (unpaired) electrons. The molecular formula is C35H39FN8O5. The second kappa shape index (κ2) is 13.2. The summed E-state index contributed by atoms with van der Waals surface area (Å²) in [5.74, 6) is 0.659. The van der Waals surface area contributed by atoms with Gasteiger partial charge in [-0.1, -0.05) is 50.2 Å². The molecule has 1 atom stereocenters. The van der Waals surface area contributed by atoms with Crippen LogP contribution in [-0.4, -0.2) is 92.1 Å². The topological polar surface area (TPSA) is 143 Å². The monoisotopic (exact) mass is 670 g/mol. The standard InChI is InChI=1S/C35H39FN8O5/c1-35(2,3)33-38-31(49-40-33)32(45)41(4)19-23-10-9-22(17-27(23)36)26-13-15-37-29-28(26)30(43-16-14-24(20-43)42(5)34(46)47)39-44(29)18-21-7-11-25(48-6)12-8-21/h7-13,15,17,24H,14,16,18-20H2,1-6H3,(H,46,47). The molecule has 2 aromatic carbocycles. The molecule has 49 heavy (non-hydrogen) atoms. The molecule has 1 fully saturated rings. The zero-order valence-corrected chi connectivity index (χ0v) is 28.3. The van der Waals surface area contributed by atoms with Gasteiger partial charge < -0.3 is 29.1 Å². The van der Waals surface area contributed by atoms with Crippen LogP contribution in [0.4, 0.5) is 15.0 Å². The lowest BCUT2D eigenvalue weighted by molar-refractivity contribution is 0.0734. The maximum absolute atomic E-state index is 15.8. The molecule has 4 heterocycles. The fourth-order valence-electron chi connectivity index (χ4n) is 5.91. The number of nitrogens with zero attached hydrogens (tertiary/aromatic N) is 8. The summed E-state index contributed by atoms with van der Waals surface area (Å²) >= 11 is 0. The molecular weight excluding hydrogens is 631 g/mol. The molecule has 3 aromatic heterocycles. The average molecular weight is 671 g/mol. The number of halogens is 1. The number of hydrogen-bond donors (Lipinski definition) is 1.